The zero-order valence-electron chi connectivity index (χ0n) is 17.0. The lowest BCUT2D eigenvalue weighted by molar-refractivity contribution is 0.407. The molecule has 0 bridgehead atoms. The number of sulfonamides is 1. The Morgan fingerprint density at radius 1 is 1.03 bits per heavy atom. The van der Waals surface area contributed by atoms with Gasteiger partial charge >= 0.3 is 0 Å². The molecule has 3 rings (SSSR count). The molecule has 0 aliphatic heterocycles. The highest BCUT2D eigenvalue weighted by atomic mass is 32.2. The Kier molecular flexibility index (Phi) is 5.48. The SMILES string of the molecule is COc1c(C)cc(S(=O)(=O)Nc2cccc(-c3ccc(=O)n(C)n3)c2)c(C)c1C. The van der Waals surface area contributed by atoms with E-state index in [1.165, 1.54) is 10.7 Å². The number of aromatic nitrogens is 2. The predicted octanol–water partition coefficient (Wildman–Crippen LogP) is 3.18. The molecule has 0 saturated carbocycles. The van der Waals surface area contributed by atoms with E-state index in [2.05, 4.69) is 9.82 Å². The number of hydrogen-bond donors (Lipinski definition) is 1. The number of ether oxygens (including phenoxy) is 1. The molecule has 0 unspecified atom stereocenters. The second-order valence-electron chi connectivity index (χ2n) is 6.84. The van der Waals surface area contributed by atoms with Crippen molar-refractivity contribution in [3.05, 3.63) is 69.5 Å². The molecule has 0 fully saturated rings. The van der Waals surface area contributed by atoms with Crippen LogP contribution in [0.25, 0.3) is 11.3 Å². The van der Waals surface area contributed by atoms with Crippen molar-refractivity contribution < 1.29 is 13.2 Å². The Hall–Kier alpha value is -3.13. The predicted molar refractivity (Wildman–Crippen MR) is 113 cm³/mol. The average Bonchev–Trinajstić information content (AvgIpc) is 2.67. The van der Waals surface area contributed by atoms with Crippen molar-refractivity contribution in [3.63, 3.8) is 0 Å². The maximum atomic E-state index is 13.1. The number of benzene rings is 2. The van der Waals surface area contributed by atoms with Crippen molar-refractivity contribution in [2.45, 2.75) is 25.7 Å². The molecule has 8 heteroatoms. The van der Waals surface area contributed by atoms with Crippen LogP contribution < -0.4 is 15.0 Å². The molecule has 0 spiro atoms. The van der Waals surface area contributed by atoms with Crippen LogP contribution in [0.2, 0.25) is 0 Å². The van der Waals surface area contributed by atoms with Gasteiger partial charge in [-0.1, -0.05) is 12.1 Å². The van der Waals surface area contributed by atoms with E-state index in [9.17, 15) is 13.2 Å². The summed E-state index contributed by atoms with van der Waals surface area (Å²) in [7, 11) is -0.674. The Balaban J connectivity index is 2.00. The Morgan fingerprint density at radius 2 is 1.76 bits per heavy atom. The van der Waals surface area contributed by atoms with Gasteiger partial charge in [-0.25, -0.2) is 13.1 Å². The van der Waals surface area contributed by atoms with Gasteiger partial charge in [0.2, 0.25) is 0 Å². The molecule has 3 aromatic rings. The van der Waals surface area contributed by atoms with E-state index in [1.807, 2.05) is 13.8 Å². The normalized spacial score (nSPS) is 11.3. The lowest BCUT2D eigenvalue weighted by Crippen LogP contribution is -2.18. The van der Waals surface area contributed by atoms with Crippen LogP contribution >= 0.6 is 0 Å². The summed E-state index contributed by atoms with van der Waals surface area (Å²) in [5.41, 5.74) is 3.63. The Bertz CT molecular complexity index is 1250. The van der Waals surface area contributed by atoms with Crippen LogP contribution in [0, 0.1) is 20.8 Å². The molecule has 1 N–H and O–H groups in total. The fourth-order valence-electron chi connectivity index (χ4n) is 3.22. The number of methoxy groups -OCH3 is 1. The molecule has 0 atom stereocenters. The zero-order valence-corrected chi connectivity index (χ0v) is 17.8. The van der Waals surface area contributed by atoms with Gasteiger partial charge in [-0.05, 0) is 61.7 Å². The lowest BCUT2D eigenvalue weighted by atomic mass is 10.1. The van der Waals surface area contributed by atoms with Crippen molar-refractivity contribution in [1.82, 2.24) is 9.78 Å². The molecule has 0 amide bonds. The van der Waals surface area contributed by atoms with Crippen LogP contribution in [0.15, 0.2) is 52.2 Å². The smallest absolute Gasteiger partial charge is 0.266 e. The monoisotopic (exact) mass is 413 g/mol. The second-order valence-corrected chi connectivity index (χ2v) is 8.49. The van der Waals surface area contributed by atoms with Crippen LogP contribution in [-0.4, -0.2) is 25.3 Å². The first-order valence-electron chi connectivity index (χ1n) is 8.96. The fourth-order valence-corrected chi connectivity index (χ4v) is 4.66. The molecule has 0 aliphatic carbocycles. The zero-order chi connectivity index (χ0) is 21.3. The van der Waals surface area contributed by atoms with Gasteiger partial charge in [0, 0.05) is 24.4 Å². The first-order chi connectivity index (χ1) is 13.6. The van der Waals surface area contributed by atoms with E-state index in [4.69, 9.17) is 4.74 Å². The summed E-state index contributed by atoms with van der Waals surface area (Å²) in [5, 5.41) is 4.21. The van der Waals surface area contributed by atoms with Gasteiger partial charge in [0.15, 0.2) is 0 Å². The van der Waals surface area contributed by atoms with Gasteiger partial charge in [-0.2, -0.15) is 5.10 Å². The maximum Gasteiger partial charge on any atom is 0.266 e. The van der Waals surface area contributed by atoms with E-state index in [-0.39, 0.29) is 10.5 Å². The summed E-state index contributed by atoms with van der Waals surface area (Å²) in [6, 6.07) is 11.5. The topological polar surface area (TPSA) is 90.3 Å². The lowest BCUT2D eigenvalue weighted by Gasteiger charge is -2.17. The molecule has 152 valence electrons. The van der Waals surface area contributed by atoms with Crippen molar-refractivity contribution >= 4 is 15.7 Å². The minimum absolute atomic E-state index is 0.207. The average molecular weight is 413 g/mol. The highest BCUT2D eigenvalue weighted by molar-refractivity contribution is 7.92. The molecule has 7 nitrogen and oxygen atoms in total. The Morgan fingerprint density at radius 3 is 2.41 bits per heavy atom. The molecule has 0 radical (unpaired) electrons. The van der Waals surface area contributed by atoms with Crippen LogP contribution in [0.3, 0.4) is 0 Å². The van der Waals surface area contributed by atoms with E-state index in [0.717, 1.165) is 11.1 Å². The summed E-state index contributed by atoms with van der Waals surface area (Å²) in [4.78, 5) is 11.8. The van der Waals surface area contributed by atoms with Crippen molar-refractivity contribution in [1.29, 1.82) is 0 Å². The summed E-state index contributed by atoms with van der Waals surface area (Å²) in [6.45, 7) is 5.42. The number of nitrogens with zero attached hydrogens (tertiary/aromatic N) is 2. The maximum absolute atomic E-state index is 13.1. The number of rotatable bonds is 5. The molecule has 0 saturated heterocycles. The van der Waals surface area contributed by atoms with E-state index >= 15 is 0 Å². The Labute approximate surface area is 170 Å². The van der Waals surface area contributed by atoms with E-state index in [0.29, 0.717) is 28.3 Å². The first-order valence-corrected chi connectivity index (χ1v) is 10.4. The number of aryl methyl sites for hydroxylation is 2. The molecule has 1 heterocycles. The van der Waals surface area contributed by atoms with Gasteiger partial charge in [-0.3, -0.25) is 9.52 Å². The van der Waals surface area contributed by atoms with Gasteiger partial charge in [-0.15, -0.1) is 0 Å². The van der Waals surface area contributed by atoms with Crippen LogP contribution in [0.4, 0.5) is 5.69 Å². The third kappa shape index (κ3) is 4.02. The van der Waals surface area contributed by atoms with E-state index in [1.54, 1.807) is 57.5 Å². The van der Waals surface area contributed by atoms with Gasteiger partial charge in [0.05, 0.1) is 17.7 Å². The summed E-state index contributed by atoms with van der Waals surface area (Å²) >= 11 is 0. The third-order valence-electron chi connectivity index (χ3n) is 4.84. The highest BCUT2D eigenvalue weighted by Crippen LogP contribution is 2.32. The fraction of sp³-hybridized carbons (Fsp3) is 0.238. The van der Waals surface area contributed by atoms with Crippen molar-refractivity contribution in [3.8, 4) is 17.0 Å². The first kappa shape index (κ1) is 20.6. The molecular weight excluding hydrogens is 390 g/mol. The van der Waals surface area contributed by atoms with Gasteiger partial charge in [0.1, 0.15) is 5.75 Å². The summed E-state index contributed by atoms with van der Waals surface area (Å²) in [6.07, 6.45) is 0. The number of anilines is 1. The summed E-state index contributed by atoms with van der Waals surface area (Å²) in [5.74, 6) is 0.684. The largest absolute Gasteiger partial charge is 0.496 e. The van der Waals surface area contributed by atoms with Crippen LogP contribution in [0.1, 0.15) is 16.7 Å². The second kappa shape index (κ2) is 7.71. The third-order valence-corrected chi connectivity index (χ3v) is 6.35. The van der Waals surface area contributed by atoms with Gasteiger partial charge in [0.25, 0.3) is 15.6 Å². The number of nitrogens with one attached hydrogen (secondary N) is 1. The minimum atomic E-state index is -3.81. The highest BCUT2D eigenvalue weighted by Gasteiger charge is 2.21. The molecule has 1 aromatic heterocycles. The number of hydrogen-bond acceptors (Lipinski definition) is 5. The summed E-state index contributed by atoms with van der Waals surface area (Å²) < 4.78 is 35.4. The molecule has 2 aromatic carbocycles. The van der Waals surface area contributed by atoms with Crippen LogP contribution in [0.5, 0.6) is 5.75 Å². The minimum Gasteiger partial charge on any atom is -0.496 e. The van der Waals surface area contributed by atoms with Gasteiger partial charge < -0.3 is 4.74 Å². The molecular formula is C21H23N3O4S. The molecule has 0 aliphatic rings. The van der Waals surface area contributed by atoms with Crippen LogP contribution in [-0.2, 0) is 17.1 Å². The van der Waals surface area contributed by atoms with Crippen molar-refractivity contribution in [2.75, 3.05) is 11.8 Å². The van der Waals surface area contributed by atoms with Crippen molar-refractivity contribution in [2.24, 2.45) is 7.05 Å². The standard InChI is InChI=1S/C21H23N3O4S/c1-13-11-19(14(2)15(3)21(13)28-5)29(26,27)23-17-8-6-7-16(12-17)18-9-10-20(25)24(4)22-18/h6-12,23H,1-5H3. The molecule has 29 heavy (non-hydrogen) atoms. The quantitative estimate of drug-likeness (QED) is 0.694. The van der Waals surface area contributed by atoms with E-state index < -0.39 is 10.0 Å².